The molecule has 1 aromatic heterocycles. The molecule has 0 radical (unpaired) electrons. The number of benzene rings is 3. The maximum atomic E-state index is 11.8. The van der Waals surface area contributed by atoms with Gasteiger partial charge in [0.05, 0.1) is 22.8 Å². The summed E-state index contributed by atoms with van der Waals surface area (Å²) in [5.74, 6) is 1.58. The van der Waals surface area contributed by atoms with Gasteiger partial charge in [-0.1, -0.05) is 41.9 Å². The number of carbonyl (C=O) groups excluding carboxylic acids is 2. The lowest BCUT2D eigenvalue weighted by molar-refractivity contribution is -0.0716. The molecule has 270 valence electrons. The van der Waals surface area contributed by atoms with Crippen molar-refractivity contribution in [3.63, 3.8) is 0 Å². The van der Waals surface area contributed by atoms with Crippen LogP contribution in [0.5, 0.6) is 17.2 Å². The van der Waals surface area contributed by atoms with Gasteiger partial charge in [0, 0.05) is 30.6 Å². The van der Waals surface area contributed by atoms with Gasteiger partial charge in [0.1, 0.15) is 42.6 Å². The fourth-order valence-corrected chi connectivity index (χ4v) is 7.53. The second-order valence-corrected chi connectivity index (χ2v) is 14.1. The lowest BCUT2D eigenvalue weighted by atomic mass is 9.61. The summed E-state index contributed by atoms with van der Waals surface area (Å²) < 4.78 is 23.6. The minimum atomic E-state index is -0.671. The number of carbonyl (C=O) groups is 2. The van der Waals surface area contributed by atoms with Crippen molar-refractivity contribution in [1.29, 1.82) is 5.26 Å². The molecule has 2 N–H and O–H groups in total. The number of nitriles is 1. The quantitative estimate of drug-likeness (QED) is 0.101. The number of piperidine rings is 1. The molecule has 11 heteroatoms. The van der Waals surface area contributed by atoms with Gasteiger partial charge in [-0.05, 0) is 110 Å². The van der Waals surface area contributed by atoms with Crippen LogP contribution >= 0.6 is 11.6 Å². The monoisotopic (exact) mass is 722 g/mol. The van der Waals surface area contributed by atoms with E-state index in [0.29, 0.717) is 51.5 Å². The van der Waals surface area contributed by atoms with E-state index in [4.69, 9.17) is 41.5 Å². The van der Waals surface area contributed by atoms with Crippen molar-refractivity contribution in [2.24, 2.45) is 11.1 Å². The van der Waals surface area contributed by atoms with E-state index in [-0.39, 0.29) is 19.3 Å². The van der Waals surface area contributed by atoms with Crippen molar-refractivity contribution in [3.05, 3.63) is 105 Å². The first-order chi connectivity index (χ1) is 25.2. The molecule has 1 saturated heterocycles. The molecule has 0 atom stereocenters. The predicted molar refractivity (Wildman–Crippen MR) is 198 cm³/mol. The van der Waals surface area contributed by atoms with Crippen molar-refractivity contribution in [2.75, 3.05) is 26.2 Å². The van der Waals surface area contributed by atoms with Crippen LogP contribution in [-0.2, 0) is 18.0 Å². The Morgan fingerprint density at radius 1 is 0.981 bits per heavy atom. The zero-order valence-corrected chi connectivity index (χ0v) is 30.3. The van der Waals surface area contributed by atoms with Gasteiger partial charge in [-0.15, -0.1) is 0 Å². The van der Waals surface area contributed by atoms with E-state index in [1.54, 1.807) is 18.3 Å². The van der Waals surface area contributed by atoms with Crippen molar-refractivity contribution < 1.29 is 28.5 Å². The molecule has 0 unspecified atom stereocenters. The summed E-state index contributed by atoms with van der Waals surface area (Å²) in [6, 6.07) is 19.2. The van der Waals surface area contributed by atoms with Gasteiger partial charge in [0.25, 0.3) is 0 Å². The summed E-state index contributed by atoms with van der Waals surface area (Å²) in [5.41, 5.74) is 12.2. The third-order valence-electron chi connectivity index (χ3n) is 10.3. The number of halogens is 1. The maximum absolute atomic E-state index is 11.8. The summed E-state index contributed by atoms with van der Waals surface area (Å²) in [5, 5.41) is 9.46. The van der Waals surface area contributed by atoms with Crippen LogP contribution in [0.3, 0.4) is 0 Å². The Kier molecular flexibility index (Phi) is 11.6. The standard InChI is InChI=1S/C41H43ClN4O6/c1-27-31(26-51-39-18-38(32(24-47)17-36(39)42)50-25-30-16-29(21-43)22-45-23-30)6-3-7-34(27)35-8-4-9-37(28(35)2)49-15-5-12-46-13-10-41(11-14-46)19-33(20-41)52-40(44)48/h3-4,6-9,16-18,22-24,33H,5,10-15,19-20,25-26H2,1-2H3,(H2,44,48). The first kappa shape index (κ1) is 36.7. The number of hydrogen-bond acceptors (Lipinski definition) is 9. The average Bonchev–Trinajstić information content (AvgIpc) is 3.13. The molecule has 0 bridgehead atoms. The number of hydrogen-bond donors (Lipinski definition) is 1. The van der Waals surface area contributed by atoms with Crippen molar-refractivity contribution in [3.8, 4) is 34.4 Å². The minimum absolute atomic E-state index is 0.0106. The van der Waals surface area contributed by atoms with Gasteiger partial charge >= 0.3 is 6.09 Å². The number of amides is 1. The Bertz CT molecular complexity index is 1960. The van der Waals surface area contributed by atoms with Crippen molar-refractivity contribution in [1.82, 2.24) is 9.88 Å². The second-order valence-electron chi connectivity index (χ2n) is 13.7. The van der Waals surface area contributed by atoms with Gasteiger partial charge < -0.3 is 29.6 Å². The third-order valence-corrected chi connectivity index (χ3v) is 10.6. The highest BCUT2D eigenvalue weighted by atomic mass is 35.5. The molecule has 3 aromatic carbocycles. The summed E-state index contributed by atoms with van der Waals surface area (Å²) >= 11 is 6.52. The first-order valence-electron chi connectivity index (χ1n) is 17.5. The molecular formula is C41H43ClN4O6. The summed E-state index contributed by atoms with van der Waals surface area (Å²) in [6.45, 7) is 8.26. The number of pyridine rings is 1. The molecule has 2 aliphatic rings. The van der Waals surface area contributed by atoms with E-state index in [1.165, 1.54) is 12.3 Å². The Hall–Kier alpha value is -5.11. The minimum Gasteiger partial charge on any atom is -0.493 e. The van der Waals surface area contributed by atoms with Crippen molar-refractivity contribution >= 4 is 24.0 Å². The van der Waals surface area contributed by atoms with Crippen LogP contribution in [0, 0.1) is 30.6 Å². The molecule has 1 aliphatic carbocycles. The van der Waals surface area contributed by atoms with Crippen molar-refractivity contribution in [2.45, 2.75) is 65.3 Å². The zero-order valence-electron chi connectivity index (χ0n) is 29.5. The Labute approximate surface area is 309 Å². The van der Waals surface area contributed by atoms with E-state index >= 15 is 0 Å². The second kappa shape index (κ2) is 16.5. The molecule has 4 aromatic rings. The molecular weight excluding hydrogens is 680 g/mol. The van der Waals surface area contributed by atoms with Gasteiger partial charge in [0.2, 0.25) is 0 Å². The summed E-state index contributed by atoms with van der Waals surface area (Å²) in [6.07, 6.45) is 8.14. The van der Waals surface area contributed by atoms with E-state index in [2.05, 4.69) is 41.9 Å². The van der Waals surface area contributed by atoms with Gasteiger partial charge in [-0.25, -0.2) is 4.79 Å². The molecule has 1 amide bonds. The van der Waals surface area contributed by atoms with E-state index < -0.39 is 6.09 Å². The van der Waals surface area contributed by atoms with E-state index in [9.17, 15) is 9.59 Å². The van der Waals surface area contributed by atoms with Crippen LogP contribution in [0.4, 0.5) is 4.79 Å². The number of rotatable bonds is 14. The normalized spacial score (nSPS) is 15.3. The topological polar surface area (TPSA) is 137 Å². The molecule has 1 saturated carbocycles. The highest BCUT2D eigenvalue weighted by Crippen LogP contribution is 2.50. The molecule has 1 aliphatic heterocycles. The van der Waals surface area contributed by atoms with E-state index in [1.807, 2.05) is 24.3 Å². The number of aromatic nitrogens is 1. The molecule has 2 fully saturated rings. The first-order valence-corrected chi connectivity index (χ1v) is 17.9. The van der Waals surface area contributed by atoms with Crippen LogP contribution in [-0.4, -0.2) is 54.6 Å². The molecule has 2 heterocycles. The smallest absolute Gasteiger partial charge is 0.404 e. The largest absolute Gasteiger partial charge is 0.493 e. The van der Waals surface area contributed by atoms with Crippen LogP contribution in [0.1, 0.15) is 70.3 Å². The van der Waals surface area contributed by atoms with Gasteiger partial charge in [-0.3, -0.25) is 9.78 Å². The SMILES string of the molecule is Cc1c(COc2cc(OCc3cncc(C#N)c3)c(C=O)cc2Cl)cccc1-c1cccc(OCCCN2CCC3(CC2)CC(OC(N)=O)C3)c1C. The lowest BCUT2D eigenvalue weighted by Gasteiger charge is -2.51. The highest BCUT2D eigenvalue weighted by Gasteiger charge is 2.47. The van der Waals surface area contributed by atoms with E-state index in [0.717, 1.165) is 85.3 Å². The van der Waals surface area contributed by atoms with Crippen LogP contribution in [0.25, 0.3) is 11.1 Å². The highest BCUT2D eigenvalue weighted by molar-refractivity contribution is 6.32. The molecule has 52 heavy (non-hydrogen) atoms. The summed E-state index contributed by atoms with van der Waals surface area (Å²) in [7, 11) is 0. The third kappa shape index (κ3) is 8.67. The average molecular weight is 723 g/mol. The number of nitrogens with zero attached hydrogens (tertiary/aromatic N) is 3. The predicted octanol–water partition coefficient (Wildman–Crippen LogP) is 7.97. The zero-order chi connectivity index (χ0) is 36.7. The summed E-state index contributed by atoms with van der Waals surface area (Å²) in [4.78, 5) is 29.4. The lowest BCUT2D eigenvalue weighted by Crippen LogP contribution is -2.50. The Balaban J connectivity index is 1.04. The van der Waals surface area contributed by atoms with Gasteiger partial charge in [-0.2, -0.15) is 5.26 Å². The Morgan fingerprint density at radius 2 is 1.71 bits per heavy atom. The molecule has 6 rings (SSSR count). The van der Waals surface area contributed by atoms with Gasteiger partial charge in [0.15, 0.2) is 6.29 Å². The number of likely N-dealkylation sites (tertiary alicyclic amines) is 1. The number of aldehydes is 1. The fraction of sp³-hybridized carbons (Fsp3) is 0.366. The van der Waals surface area contributed by atoms with Crippen LogP contribution in [0.15, 0.2) is 67.0 Å². The molecule has 10 nitrogen and oxygen atoms in total. The molecule has 1 spiro atoms. The maximum Gasteiger partial charge on any atom is 0.404 e. The van der Waals surface area contributed by atoms with Crippen LogP contribution < -0.4 is 19.9 Å². The fourth-order valence-electron chi connectivity index (χ4n) is 7.30. The number of ether oxygens (including phenoxy) is 4. The Morgan fingerprint density at radius 3 is 2.44 bits per heavy atom. The number of primary amides is 1. The van der Waals surface area contributed by atoms with Crippen LogP contribution in [0.2, 0.25) is 5.02 Å². The number of nitrogens with two attached hydrogens (primary N) is 1.